The summed E-state index contributed by atoms with van der Waals surface area (Å²) in [5.41, 5.74) is 2.41. The van der Waals surface area contributed by atoms with E-state index in [4.69, 9.17) is 0 Å². The maximum absolute atomic E-state index is 13.7. The summed E-state index contributed by atoms with van der Waals surface area (Å²) < 4.78 is 0. The molecule has 3 aromatic rings. The average molecular weight is 372 g/mol. The van der Waals surface area contributed by atoms with Crippen LogP contribution in [0.5, 0.6) is 0 Å². The molecule has 0 heterocycles. The Bertz CT molecular complexity index is 819. The summed E-state index contributed by atoms with van der Waals surface area (Å²) in [5, 5.41) is 3.37. The minimum Gasteiger partial charge on any atom is -0.348 e. The molecular weight excluding hydrogens is 342 g/mol. The van der Waals surface area contributed by atoms with Crippen molar-refractivity contribution in [3.63, 3.8) is 0 Å². The van der Waals surface area contributed by atoms with Gasteiger partial charge in [-0.3, -0.25) is 4.79 Å². The van der Waals surface area contributed by atoms with Crippen LogP contribution in [0.4, 0.5) is 0 Å². The van der Waals surface area contributed by atoms with Crippen LogP contribution in [0.25, 0.3) is 0 Å². The van der Waals surface area contributed by atoms with Gasteiger partial charge >= 0.3 is 0 Å². The van der Waals surface area contributed by atoms with Crippen LogP contribution >= 0.6 is 0 Å². The lowest BCUT2D eigenvalue weighted by atomic mass is 9.75. The van der Waals surface area contributed by atoms with Crippen molar-refractivity contribution in [2.45, 2.75) is 44.6 Å². The third-order valence-electron chi connectivity index (χ3n) is 5.51. The van der Waals surface area contributed by atoms with Crippen LogP contribution < -0.4 is 5.32 Å². The molecule has 0 aliphatic heterocycles. The Kier molecular flexibility index (Phi) is 6.65. The van der Waals surface area contributed by atoms with E-state index in [0.717, 1.165) is 36.0 Å². The van der Waals surface area contributed by atoms with Gasteiger partial charge in [-0.25, -0.2) is 0 Å². The predicted molar refractivity (Wildman–Crippen MR) is 116 cm³/mol. The zero-order valence-corrected chi connectivity index (χ0v) is 16.8. The van der Waals surface area contributed by atoms with E-state index in [1.807, 2.05) is 85.8 Å². The molecule has 0 aliphatic rings. The van der Waals surface area contributed by atoms with Crippen molar-refractivity contribution in [3.05, 3.63) is 108 Å². The third-order valence-corrected chi connectivity index (χ3v) is 5.51. The van der Waals surface area contributed by atoms with E-state index in [1.165, 1.54) is 0 Å². The summed E-state index contributed by atoms with van der Waals surface area (Å²) in [6.45, 7) is 4.21. The van der Waals surface area contributed by atoms with E-state index >= 15 is 0 Å². The van der Waals surface area contributed by atoms with Gasteiger partial charge in [-0.15, -0.1) is 0 Å². The van der Waals surface area contributed by atoms with Crippen molar-refractivity contribution in [1.29, 1.82) is 0 Å². The molecule has 0 spiro atoms. The molecule has 0 aromatic heterocycles. The summed E-state index contributed by atoms with van der Waals surface area (Å²) in [7, 11) is 0. The number of benzene rings is 3. The Hall–Kier alpha value is -2.87. The standard InChI is InChI=1S/C26H29NO/c1-3-4-20-24(21-14-8-5-9-15-21)27-25(28)26(2,22-16-10-6-11-17-22)23-18-12-7-13-19-23/h5-19,24H,3-4,20H2,1-2H3,(H,27,28)/t24-/m1/s1. The highest BCUT2D eigenvalue weighted by Gasteiger charge is 2.38. The summed E-state index contributed by atoms with van der Waals surface area (Å²) in [6.07, 6.45) is 3.12. The molecule has 3 aromatic carbocycles. The van der Waals surface area contributed by atoms with Gasteiger partial charge in [0, 0.05) is 0 Å². The zero-order chi connectivity index (χ0) is 19.8. The van der Waals surface area contributed by atoms with Crippen LogP contribution in [0, 0.1) is 0 Å². The number of amides is 1. The molecule has 0 saturated carbocycles. The van der Waals surface area contributed by atoms with Gasteiger partial charge in [-0.05, 0) is 30.0 Å². The van der Waals surface area contributed by atoms with Gasteiger partial charge in [0.05, 0.1) is 11.5 Å². The highest BCUT2D eigenvalue weighted by atomic mass is 16.2. The van der Waals surface area contributed by atoms with Crippen molar-refractivity contribution in [2.24, 2.45) is 0 Å². The third kappa shape index (κ3) is 4.33. The molecule has 3 rings (SSSR count). The van der Waals surface area contributed by atoms with Crippen molar-refractivity contribution in [1.82, 2.24) is 5.32 Å². The van der Waals surface area contributed by atoms with Gasteiger partial charge in [0.2, 0.25) is 5.91 Å². The first-order chi connectivity index (χ1) is 13.7. The molecule has 1 atom stereocenters. The van der Waals surface area contributed by atoms with Crippen molar-refractivity contribution in [3.8, 4) is 0 Å². The van der Waals surface area contributed by atoms with E-state index in [0.29, 0.717) is 0 Å². The van der Waals surface area contributed by atoms with Gasteiger partial charge in [-0.1, -0.05) is 111 Å². The molecule has 28 heavy (non-hydrogen) atoms. The van der Waals surface area contributed by atoms with Crippen LogP contribution in [-0.2, 0) is 10.2 Å². The molecule has 0 saturated heterocycles. The highest BCUT2D eigenvalue weighted by Crippen LogP contribution is 2.33. The molecule has 144 valence electrons. The average Bonchev–Trinajstić information content (AvgIpc) is 2.77. The SMILES string of the molecule is CCCC[C@@H](NC(=O)C(C)(c1ccccc1)c1ccccc1)c1ccccc1. The highest BCUT2D eigenvalue weighted by molar-refractivity contribution is 5.92. The Balaban J connectivity index is 1.97. The van der Waals surface area contributed by atoms with Crippen LogP contribution in [0.2, 0.25) is 0 Å². The van der Waals surface area contributed by atoms with Gasteiger partial charge in [0.15, 0.2) is 0 Å². The normalized spacial score (nSPS) is 12.4. The maximum atomic E-state index is 13.7. The smallest absolute Gasteiger partial charge is 0.235 e. The Morgan fingerprint density at radius 2 is 1.29 bits per heavy atom. The van der Waals surface area contributed by atoms with E-state index in [-0.39, 0.29) is 11.9 Å². The monoisotopic (exact) mass is 371 g/mol. The first kappa shape index (κ1) is 19.9. The second kappa shape index (κ2) is 9.36. The number of rotatable bonds is 8. The fourth-order valence-corrected chi connectivity index (χ4v) is 3.69. The Morgan fingerprint density at radius 1 is 0.821 bits per heavy atom. The van der Waals surface area contributed by atoms with Gasteiger partial charge in [-0.2, -0.15) is 0 Å². The molecular formula is C26H29NO. The number of carbonyl (C=O) groups is 1. The van der Waals surface area contributed by atoms with Crippen LogP contribution in [-0.4, -0.2) is 5.91 Å². The van der Waals surface area contributed by atoms with E-state index in [2.05, 4.69) is 24.4 Å². The first-order valence-corrected chi connectivity index (χ1v) is 10.1. The molecule has 0 fully saturated rings. The second-order valence-electron chi connectivity index (χ2n) is 7.44. The Labute approximate surface area is 168 Å². The van der Waals surface area contributed by atoms with Crippen molar-refractivity contribution < 1.29 is 4.79 Å². The van der Waals surface area contributed by atoms with Crippen molar-refractivity contribution >= 4 is 5.91 Å². The quantitative estimate of drug-likeness (QED) is 0.514. The van der Waals surface area contributed by atoms with Gasteiger partial charge in [0.25, 0.3) is 0 Å². The van der Waals surface area contributed by atoms with Gasteiger partial charge in [0.1, 0.15) is 0 Å². The van der Waals surface area contributed by atoms with Crippen LogP contribution in [0.15, 0.2) is 91.0 Å². The van der Waals surface area contributed by atoms with E-state index in [9.17, 15) is 4.79 Å². The fourth-order valence-electron chi connectivity index (χ4n) is 3.69. The predicted octanol–water partition coefficient (Wildman–Crippen LogP) is 6.04. The van der Waals surface area contributed by atoms with Gasteiger partial charge < -0.3 is 5.32 Å². The number of hydrogen-bond acceptors (Lipinski definition) is 1. The number of unbranched alkanes of at least 4 members (excludes halogenated alkanes) is 1. The molecule has 0 bridgehead atoms. The summed E-state index contributed by atoms with van der Waals surface area (Å²) in [6, 6.07) is 30.4. The lowest BCUT2D eigenvalue weighted by molar-refractivity contribution is -0.125. The number of nitrogens with one attached hydrogen (secondary N) is 1. The number of hydrogen-bond donors (Lipinski definition) is 1. The van der Waals surface area contributed by atoms with Crippen LogP contribution in [0.1, 0.15) is 55.8 Å². The minimum atomic E-state index is -0.748. The van der Waals surface area contributed by atoms with E-state index < -0.39 is 5.41 Å². The Morgan fingerprint density at radius 3 is 1.75 bits per heavy atom. The van der Waals surface area contributed by atoms with Crippen LogP contribution in [0.3, 0.4) is 0 Å². The molecule has 2 heteroatoms. The fraction of sp³-hybridized carbons (Fsp3) is 0.269. The minimum absolute atomic E-state index is 0.0143. The molecule has 0 aliphatic carbocycles. The molecule has 1 N–H and O–H groups in total. The largest absolute Gasteiger partial charge is 0.348 e. The molecule has 0 unspecified atom stereocenters. The molecule has 0 radical (unpaired) electrons. The lowest BCUT2D eigenvalue weighted by Crippen LogP contribution is -2.44. The summed E-state index contributed by atoms with van der Waals surface area (Å²) >= 11 is 0. The lowest BCUT2D eigenvalue weighted by Gasteiger charge is -2.32. The summed E-state index contributed by atoms with van der Waals surface area (Å²) in [5.74, 6) is 0.0369. The number of carbonyl (C=O) groups excluding carboxylic acids is 1. The topological polar surface area (TPSA) is 29.1 Å². The van der Waals surface area contributed by atoms with Crippen molar-refractivity contribution in [2.75, 3.05) is 0 Å². The molecule has 2 nitrogen and oxygen atoms in total. The maximum Gasteiger partial charge on any atom is 0.235 e. The summed E-state index contributed by atoms with van der Waals surface area (Å²) in [4.78, 5) is 13.7. The second-order valence-corrected chi connectivity index (χ2v) is 7.44. The van der Waals surface area contributed by atoms with E-state index in [1.54, 1.807) is 0 Å². The zero-order valence-electron chi connectivity index (χ0n) is 16.8. The first-order valence-electron chi connectivity index (χ1n) is 10.1. The molecule has 1 amide bonds.